The van der Waals surface area contributed by atoms with E-state index >= 15 is 0 Å². The highest BCUT2D eigenvalue weighted by atomic mass is 16.4. The maximum Gasteiger partial charge on any atom is 0.305 e. The first-order valence-electron chi connectivity index (χ1n) is 11.2. The van der Waals surface area contributed by atoms with Crippen LogP contribution in [0, 0.1) is 0 Å². The fraction of sp³-hybridized carbons (Fsp3) is 0.864. The molecular formula is C22H41NO5. The number of carboxylic acid groups (broad SMARTS) is 2. The number of hydrogen-bond acceptors (Lipinski definition) is 3. The van der Waals surface area contributed by atoms with E-state index in [1.807, 2.05) is 0 Å². The van der Waals surface area contributed by atoms with E-state index in [1.165, 1.54) is 69.1 Å². The van der Waals surface area contributed by atoms with Crippen LogP contribution in [0.15, 0.2) is 0 Å². The smallest absolute Gasteiger partial charge is 0.305 e. The molecule has 0 fully saturated rings. The summed E-state index contributed by atoms with van der Waals surface area (Å²) in [6.07, 6.45) is 16.2. The first kappa shape index (κ1) is 26.4. The topological polar surface area (TPSA) is 94.9 Å². The molecule has 0 saturated heterocycles. The second-order valence-electron chi connectivity index (χ2n) is 7.66. The van der Waals surface area contributed by atoms with Gasteiger partial charge in [0.25, 0.3) is 0 Å². The maximum atomic E-state index is 12.2. The van der Waals surface area contributed by atoms with Crippen molar-refractivity contribution in [1.29, 1.82) is 0 Å². The molecule has 6 heteroatoms. The molecule has 0 aromatic heterocycles. The third-order valence-corrected chi connectivity index (χ3v) is 5.04. The minimum atomic E-state index is -0.978. The average Bonchev–Trinajstić information content (AvgIpc) is 2.64. The van der Waals surface area contributed by atoms with Crippen LogP contribution in [-0.2, 0) is 14.4 Å². The molecule has 0 spiro atoms. The number of unbranched alkanes of at least 4 members (excludes halogenated alkanes) is 12. The van der Waals surface area contributed by atoms with Gasteiger partial charge in [-0.1, -0.05) is 84.0 Å². The van der Waals surface area contributed by atoms with E-state index in [4.69, 9.17) is 10.2 Å². The van der Waals surface area contributed by atoms with Gasteiger partial charge in [0, 0.05) is 19.5 Å². The Morgan fingerprint density at radius 2 is 0.929 bits per heavy atom. The van der Waals surface area contributed by atoms with Gasteiger partial charge in [-0.15, -0.1) is 0 Å². The fourth-order valence-corrected chi connectivity index (χ4v) is 3.27. The van der Waals surface area contributed by atoms with Crippen molar-refractivity contribution in [3.63, 3.8) is 0 Å². The first-order valence-corrected chi connectivity index (χ1v) is 11.2. The number of amides is 1. The zero-order valence-electron chi connectivity index (χ0n) is 17.8. The van der Waals surface area contributed by atoms with Crippen LogP contribution >= 0.6 is 0 Å². The maximum absolute atomic E-state index is 12.2. The van der Waals surface area contributed by atoms with Gasteiger partial charge in [-0.2, -0.15) is 0 Å². The molecule has 0 aliphatic carbocycles. The van der Waals surface area contributed by atoms with E-state index in [0.717, 1.165) is 19.3 Å². The summed E-state index contributed by atoms with van der Waals surface area (Å²) in [7, 11) is 0. The Labute approximate surface area is 170 Å². The number of aliphatic carboxylic acids is 2. The molecule has 164 valence electrons. The summed E-state index contributed by atoms with van der Waals surface area (Å²) in [6, 6.07) is 0. The molecule has 28 heavy (non-hydrogen) atoms. The van der Waals surface area contributed by atoms with Crippen LogP contribution in [-0.4, -0.2) is 46.0 Å². The van der Waals surface area contributed by atoms with Crippen LogP contribution in [0.2, 0.25) is 0 Å². The Morgan fingerprint density at radius 3 is 1.29 bits per heavy atom. The van der Waals surface area contributed by atoms with E-state index in [0.29, 0.717) is 6.42 Å². The van der Waals surface area contributed by atoms with Gasteiger partial charge in [0.15, 0.2) is 0 Å². The molecule has 0 atom stereocenters. The van der Waals surface area contributed by atoms with Gasteiger partial charge in [0.05, 0.1) is 12.8 Å². The molecule has 0 aromatic carbocycles. The van der Waals surface area contributed by atoms with E-state index in [1.54, 1.807) is 0 Å². The van der Waals surface area contributed by atoms with Gasteiger partial charge in [-0.3, -0.25) is 14.4 Å². The van der Waals surface area contributed by atoms with Gasteiger partial charge in [-0.25, -0.2) is 0 Å². The van der Waals surface area contributed by atoms with Crippen molar-refractivity contribution in [3.8, 4) is 0 Å². The molecule has 0 bridgehead atoms. The minimum Gasteiger partial charge on any atom is -0.481 e. The first-order chi connectivity index (χ1) is 13.5. The predicted molar refractivity (Wildman–Crippen MR) is 111 cm³/mol. The standard InChI is InChI=1S/C22H41NO5/c1-2-3-4-5-6-7-8-9-10-11-12-13-14-15-20(24)23(18-16-21(25)26)19-17-22(27)28/h2-19H2,1H3,(H,25,26)(H,27,28). The van der Waals surface area contributed by atoms with Crippen molar-refractivity contribution < 1.29 is 24.6 Å². The normalized spacial score (nSPS) is 10.8. The summed E-state index contributed by atoms with van der Waals surface area (Å²) in [5.41, 5.74) is 0. The van der Waals surface area contributed by atoms with Crippen LogP contribution < -0.4 is 0 Å². The Bertz CT molecular complexity index is 407. The molecule has 0 radical (unpaired) electrons. The summed E-state index contributed by atoms with van der Waals surface area (Å²) in [4.78, 5) is 35.0. The van der Waals surface area contributed by atoms with Gasteiger partial charge < -0.3 is 15.1 Å². The fourth-order valence-electron chi connectivity index (χ4n) is 3.27. The van der Waals surface area contributed by atoms with Crippen LogP contribution in [0.5, 0.6) is 0 Å². The molecule has 2 N–H and O–H groups in total. The molecule has 0 heterocycles. The SMILES string of the molecule is CCCCCCCCCCCCCCCC(=O)N(CCC(=O)O)CCC(=O)O. The van der Waals surface area contributed by atoms with E-state index < -0.39 is 11.9 Å². The molecule has 0 aromatic rings. The van der Waals surface area contributed by atoms with Crippen LogP contribution in [0.4, 0.5) is 0 Å². The van der Waals surface area contributed by atoms with Crippen molar-refractivity contribution in [2.45, 2.75) is 110 Å². The summed E-state index contributed by atoms with van der Waals surface area (Å²) in [5.74, 6) is -2.09. The average molecular weight is 400 g/mol. The Kier molecular flexibility index (Phi) is 17.7. The third kappa shape index (κ3) is 17.8. The Hall–Kier alpha value is -1.59. The molecule has 0 saturated carbocycles. The van der Waals surface area contributed by atoms with Crippen LogP contribution in [0.25, 0.3) is 0 Å². The van der Waals surface area contributed by atoms with Crippen LogP contribution in [0.3, 0.4) is 0 Å². The van der Waals surface area contributed by atoms with E-state index in [2.05, 4.69) is 6.92 Å². The zero-order valence-corrected chi connectivity index (χ0v) is 17.8. The summed E-state index contributed by atoms with van der Waals surface area (Å²) < 4.78 is 0. The third-order valence-electron chi connectivity index (χ3n) is 5.04. The number of rotatable bonds is 20. The second-order valence-corrected chi connectivity index (χ2v) is 7.66. The second kappa shape index (κ2) is 18.8. The minimum absolute atomic E-state index is 0.0832. The lowest BCUT2D eigenvalue weighted by Gasteiger charge is -2.21. The summed E-state index contributed by atoms with van der Waals surface area (Å²) >= 11 is 0. The Balaban J connectivity index is 3.67. The molecule has 0 unspecified atom stereocenters. The van der Waals surface area contributed by atoms with Crippen molar-refractivity contribution in [2.24, 2.45) is 0 Å². The van der Waals surface area contributed by atoms with Gasteiger partial charge >= 0.3 is 11.9 Å². The van der Waals surface area contributed by atoms with E-state index in [-0.39, 0.29) is 31.8 Å². The van der Waals surface area contributed by atoms with Crippen LogP contribution in [0.1, 0.15) is 110 Å². The molecule has 6 nitrogen and oxygen atoms in total. The van der Waals surface area contributed by atoms with E-state index in [9.17, 15) is 14.4 Å². The Morgan fingerprint density at radius 1 is 0.571 bits per heavy atom. The molecule has 0 rings (SSSR count). The number of carbonyl (C=O) groups excluding carboxylic acids is 1. The number of carboxylic acids is 2. The summed E-state index contributed by atoms with van der Waals surface area (Å²) in [5, 5.41) is 17.5. The molecule has 0 aliphatic rings. The lowest BCUT2D eigenvalue weighted by molar-refractivity contribution is -0.139. The lowest BCUT2D eigenvalue weighted by Crippen LogP contribution is -2.34. The predicted octanol–water partition coefficient (Wildman–Crippen LogP) is 5.25. The van der Waals surface area contributed by atoms with Gasteiger partial charge in [0.1, 0.15) is 0 Å². The summed E-state index contributed by atoms with van der Waals surface area (Å²) in [6.45, 7) is 2.41. The largest absolute Gasteiger partial charge is 0.481 e. The number of carbonyl (C=O) groups is 3. The highest BCUT2D eigenvalue weighted by Gasteiger charge is 2.15. The van der Waals surface area contributed by atoms with Gasteiger partial charge in [0.2, 0.25) is 5.91 Å². The highest BCUT2D eigenvalue weighted by Crippen LogP contribution is 2.13. The van der Waals surface area contributed by atoms with Crippen molar-refractivity contribution in [1.82, 2.24) is 4.90 Å². The van der Waals surface area contributed by atoms with Crippen molar-refractivity contribution in [3.05, 3.63) is 0 Å². The quantitative estimate of drug-likeness (QED) is 0.273. The molecule has 1 amide bonds. The molecule has 0 aliphatic heterocycles. The lowest BCUT2D eigenvalue weighted by atomic mass is 10.0. The molecular weight excluding hydrogens is 358 g/mol. The van der Waals surface area contributed by atoms with Crippen molar-refractivity contribution in [2.75, 3.05) is 13.1 Å². The zero-order chi connectivity index (χ0) is 21.0. The van der Waals surface area contributed by atoms with Gasteiger partial charge in [-0.05, 0) is 6.42 Å². The number of nitrogens with zero attached hydrogens (tertiary/aromatic N) is 1. The highest BCUT2D eigenvalue weighted by molar-refractivity contribution is 5.77. The number of hydrogen-bond donors (Lipinski definition) is 2. The van der Waals surface area contributed by atoms with Crippen molar-refractivity contribution >= 4 is 17.8 Å². The monoisotopic (exact) mass is 399 g/mol.